The minimum absolute atomic E-state index is 0.270. The fourth-order valence-electron chi connectivity index (χ4n) is 2.89. The van der Waals surface area contributed by atoms with Gasteiger partial charge in [0, 0.05) is 18.2 Å². The van der Waals surface area contributed by atoms with E-state index in [0.717, 1.165) is 40.7 Å². The molecular weight excluding hydrogens is 312 g/mol. The van der Waals surface area contributed by atoms with Crippen molar-refractivity contribution in [2.45, 2.75) is 25.7 Å². The summed E-state index contributed by atoms with van der Waals surface area (Å²) in [5.74, 6) is 0.132. The van der Waals surface area contributed by atoms with Gasteiger partial charge in [-0.05, 0) is 43.3 Å². The van der Waals surface area contributed by atoms with Crippen LogP contribution in [-0.2, 0) is 11.8 Å². The van der Waals surface area contributed by atoms with Crippen molar-refractivity contribution in [2.24, 2.45) is 7.05 Å². The molecule has 118 valence electrons. The van der Waals surface area contributed by atoms with E-state index in [1.165, 1.54) is 11.5 Å². The summed E-state index contributed by atoms with van der Waals surface area (Å²) in [5.41, 5.74) is 4.65. The summed E-state index contributed by atoms with van der Waals surface area (Å²) in [6.07, 6.45) is 2.19. The molecule has 0 unspecified atom stereocenters. The Morgan fingerprint density at radius 1 is 1.43 bits per heavy atom. The van der Waals surface area contributed by atoms with Crippen LogP contribution in [0.15, 0.2) is 18.2 Å². The Bertz CT molecular complexity index is 895. The van der Waals surface area contributed by atoms with Gasteiger partial charge < -0.3 is 4.74 Å². The minimum Gasteiger partial charge on any atom is -0.462 e. The van der Waals surface area contributed by atoms with Crippen LogP contribution in [0.1, 0.15) is 40.9 Å². The van der Waals surface area contributed by atoms with Crippen LogP contribution in [0.25, 0.3) is 22.3 Å². The molecule has 4 rings (SSSR count). The molecule has 0 aliphatic heterocycles. The van der Waals surface area contributed by atoms with Gasteiger partial charge in [0.2, 0.25) is 0 Å². The van der Waals surface area contributed by atoms with Gasteiger partial charge in [-0.1, -0.05) is 17.3 Å². The van der Waals surface area contributed by atoms with Crippen LogP contribution in [0.5, 0.6) is 0 Å². The molecular formula is C16H16N4O2S. The molecule has 1 aromatic carbocycles. The van der Waals surface area contributed by atoms with Gasteiger partial charge in [-0.2, -0.15) is 4.37 Å². The zero-order chi connectivity index (χ0) is 16.0. The molecule has 0 spiro atoms. The van der Waals surface area contributed by atoms with Gasteiger partial charge in [0.25, 0.3) is 0 Å². The lowest BCUT2D eigenvalue weighted by Crippen LogP contribution is -2.05. The predicted octanol–water partition coefficient (Wildman–Crippen LogP) is 3.15. The Morgan fingerprint density at radius 3 is 3.00 bits per heavy atom. The van der Waals surface area contributed by atoms with Crippen molar-refractivity contribution >= 4 is 28.5 Å². The smallest absolute Gasteiger partial charge is 0.350 e. The molecule has 1 aliphatic carbocycles. The molecule has 23 heavy (non-hydrogen) atoms. The molecule has 3 aromatic rings. The van der Waals surface area contributed by atoms with Gasteiger partial charge in [-0.15, -0.1) is 5.10 Å². The SMILES string of the molecule is CCOC(=O)c1snc(-c2cccc3nnn(C)c23)c1C1CC1. The van der Waals surface area contributed by atoms with Crippen molar-refractivity contribution in [1.29, 1.82) is 0 Å². The van der Waals surface area contributed by atoms with Crippen molar-refractivity contribution in [3.8, 4) is 11.3 Å². The minimum atomic E-state index is -0.270. The molecule has 6 nitrogen and oxygen atoms in total. The van der Waals surface area contributed by atoms with E-state index in [9.17, 15) is 4.79 Å². The first-order chi connectivity index (χ1) is 11.2. The Balaban J connectivity index is 1.92. The van der Waals surface area contributed by atoms with Crippen LogP contribution in [0.2, 0.25) is 0 Å². The third kappa shape index (κ3) is 2.31. The van der Waals surface area contributed by atoms with Gasteiger partial charge in [-0.25, -0.2) is 9.48 Å². The number of esters is 1. The van der Waals surface area contributed by atoms with Crippen molar-refractivity contribution in [3.05, 3.63) is 28.6 Å². The second-order valence-corrected chi connectivity index (χ2v) is 6.43. The molecule has 0 bridgehead atoms. The molecule has 2 aromatic heterocycles. The summed E-state index contributed by atoms with van der Waals surface area (Å²) in [6, 6.07) is 5.90. The Hall–Kier alpha value is -2.28. The quantitative estimate of drug-likeness (QED) is 0.688. The number of ether oxygens (including phenoxy) is 1. The van der Waals surface area contributed by atoms with Gasteiger partial charge in [0.1, 0.15) is 10.4 Å². The number of para-hydroxylation sites is 1. The molecule has 0 radical (unpaired) electrons. The van der Waals surface area contributed by atoms with Crippen molar-refractivity contribution < 1.29 is 9.53 Å². The Labute approximate surface area is 137 Å². The second-order valence-electron chi connectivity index (χ2n) is 5.66. The summed E-state index contributed by atoms with van der Waals surface area (Å²) in [7, 11) is 1.87. The van der Waals surface area contributed by atoms with Gasteiger partial charge in [0.05, 0.1) is 17.8 Å². The molecule has 0 amide bonds. The number of aryl methyl sites for hydroxylation is 1. The Kier molecular flexibility index (Phi) is 3.37. The topological polar surface area (TPSA) is 69.9 Å². The van der Waals surface area contributed by atoms with E-state index in [0.29, 0.717) is 17.4 Å². The van der Waals surface area contributed by atoms with Crippen molar-refractivity contribution in [3.63, 3.8) is 0 Å². The summed E-state index contributed by atoms with van der Waals surface area (Å²) in [6.45, 7) is 2.19. The fraction of sp³-hybridized carbons (Fsp3) is 0.375. The van der Waals surface area contributed by atoms with E-state index in [2.05, 4.69) is 14.7 Å². The van der Waals surface area contributed by atoms with Crippen molar-refractivity contribution in [2.75, 3.05) is 6.61 Å². The van der Waals surface area contributed by atoms with Crippen molar-refractivity contribution in [1.82, 2.24) is 19.4 Å². The van der Waals surface area contributed by atoms with E-state index < -0.39 is 0 Å². The van der Waals surface area contributed by atoms with Crippen LogP contribution in [0.4, 0.5) is 0 Å². The van der Waals surface area contributed by atoms with Crippen LogP contribution < -0.4 is 0 Å². The summed E-state index contributed by atoms with van der Waals surface area (Å²) in [4.78, 5) is 12.9. The molecule has 0 N–H and O–H groups in total. The first-order valence-electron chi connectivity index (χ1n) is 7.66. The number of rotatable bonds is 4. The molecule has 1 fully saturated rings. The highest BCUT2D eigenvalue weighted by Crippen LogP contribution is 2.48. The van der Waals surface area contributed by atoms with E-state index >= 15 is 0 Å². The maximum Gasteiger partial charge on any atom is 0.350 e. The summed E-state index contributed by atoms with van der Waals surface area (Å²) >= 11 is 1.23. The number of benzene rings is 1. The number of carbonyl (C=O) groups is 1. The van der Waals surface area contributed by atoms with Crippen LogP contribution >= 0.6 is 11.5 Å². The highest BCUT2D eigenvalue weighted by atomic mass is 32.1. The summed E-state index contributed by atoms with van der Waals surface area (Å²) < 4.78 is 11.5. The third-order valence-electron chi connectivity index (χ3n) is 4.05. The third-order valence-corrected chi connectivity index (χ3v) is 4.90. The summed E-state index contributed by atoms with van der Waals surface area (Å²) in [5, 5.41) is 8.26. The molecule has 1 aliphatic rings. The lowest BCUT2D eigenvalue weighted by molar-refractivity contribution is 0.0531. The van der Waals surface area contributed by atoms with Crippen LogP contribution in [0.3, 0.4) is 0 Å². The monoisotopic (exact) mass is 328 g/mol. The molecule has 0 saturated heterocycles. The van der Waals surface area contributed by atoms with Gasteiger partial charge in [0.15, 0.2) is 0 Å². The second kappa shape index (κ2) is 5.42. The predicted molar refractivity (Wildman–Crippen MR) is 87.5 cm³/mol. The largest absolute Gasteiger partial charge is 0.462 e. The molecule has 1 saturated carbocycles. The van der Waals surface area contributed by atoms with E-state index in [-0.39, 0.29) is 5.97 Å². The number of nitrogens with zero attached hydrogens (tertiary/aromatic N) is 4. The number of carbonyl (C=O) groups excluding carboxylic acids is 1. The number of hydrogen-bond donors (Lipinski definition) is 0. The zero-order valence-corrected chi connectivity index (χ0v) is 13.8. The number of hydrogen-bond acceptors (Lipinski definition) is 6. The zero-order valence-electron chi connectivity index (χ0n) is 12.9. The number of aromatic nitrogens is 4. The first kappa shape index (κ1) is 14.3. The van der Waals surface area contributed by atoms with Crippen LogP contribution in [0, 0.1) is 0 Å². The molecule has 7 heteroatoms. The lowest BCUT2D eigenvalue weighted by Gasteiger charge is -2.06. The maximum absolute atomic E-state index is 12.2. The highest BCUT2D eigenvalue weighted by Gasteiger charge is 2.35. The van der Waals surface area contributed by atoms with E-state index in [4.69, 9.17) is 4.74 Å². The van der Waals surface area contributed by atoms with Gasteiger partial charge in [-0.3, -0.25) is 0 Å². The average molecular weight is 328 g/mol. The fourth-order valence-corrected chi connectivity index (χ4v) is 3.76. The van der Waals surface area contributed by atoms with E-state index in [1.54, 1.807) is 4.68 Å². The molecule has 2 heterocycles. The Morgan fingerprint density at radius 2 is 2.26 bits per heavy atom. The van der Waals surface area contributed by atoms with E-state index in [1.807, 2.05) is 32.2 Å². The average Bonchev–Trinajstić information content (AvgIpc) is 3.18. The lowest BCUT2D eigenvalue weighted by atomic mass is 10.0. The van der Waals surface area contributed by atoms with Crippen LogP contribution in [-0.4, -0.2) is 31.9 Å². The first-order valence-corrected chi connectivity index (χ1v) is 8.43. The maximum atomic E-state index is 12.2. The molecule has 0 atom stereocenters. The highest BCUT2D eigenvalue weighted by molar-refractivity contribution is 7.08. The standard InChI is InChI=1S/C16H16N4O2S/c1-3-22-16(21)15-12(9-7-8-9)13(18-23-15)10-5-4-6-11-14(10)20(2)19-17-11/h4-6,9H,3,7-8H2,1-2H3. The van der Waals surface area contributed by atoms with Gasteiger partial charge >= 0.3 is 5.97 Å². The number of fused-ring (bicyclic) bond motifs is 1. The normalized spacial score (nSPS) is 14.3.